The van der Waals surface area contributed by atoms with Crippen molar-refractivity contribution in [2.75, 3.05) is 0 Å². The van der Waals surface area contributed by atoms with Crippen LogP contribution in [0.2, 0.25) is 5.15 Å². The van der Waals surface area contributed by atoms with Gasteiger partial charge in [-0.15, -0.1) is 0 Å². The zero-order valence-corrected chi connectivity index (χ0v) is 12.0. The van der Waals surface area contributed by atoms with Crippen molar-refractivity contribution in [3.05, 3.63) is 89.0 Å². The van der Waals surface area contributed by atoms with E-state index in [2.05, 4.69) is 58.1 Å². The van der Waals surface area contributed by atoms with Crippen LogP contribution in [0.25, 0.3) is 0 Å². The van der Waals surface area contributed by atoms with E-state index in [0.717, 1.165) is 5.82 Å². The van der Waals surface area contributed by atoms with Crippen LogP contribution >= 0.6 is 11.6 Å². The van der Waals surface area contributed by atoms with E-state index in [1.807, 2.05) is 25.3 Å². The summed E-state index contributed by atoms with van der Waals surface area (Å²) in [6.45, 7) is 1.98. The molecule has 0 aliphatic rings. The lowest BCUT2D eigenvalue weighted by atomic mass is 9.98. The number of aromatic nitrogens is 2. The number of rotatable bonds is 3. The number of nitrogens with zero attached hydrogens (tertiary/aromatic N) is 2. The maximum absolute atomic E-state index is 6.05. The van der Waals surface area contributed by atoms with Crippen molar-refractivity contribution in [1.82, 2.24) is 9.55 Å². The van der Waals surface area contributed by atoms with Crippen molar-refractivity contribution in [2.45, 2.75) is 13.0 Å². The molecule has 0 radical (unpaired) electrons. The molecule has 0 saturated carbocycles. The Hall–Kier alpha value is -2.06. The van der Waals surface area contributed by atoms with Gasteiger partial charge in [-0.05, 0) is 18.1 Å². The highest BCUT2D eigenvalue weighted by Gasteiger charge is 2.18. The highest BCUT2D eigenvalue weighted by molar-refractivity contribution is 6.29. The van der Waals surface area contributed by atoms with Gasteiger partial charge in [-0.25, -0.2) is 4.98 Å². The van der Waals surface area contributed by atoms with E-state index in [9.17, 15) is 0 Å². The molecule has 0 amide bonds. The molecule has 2 nitrogen and oxygen atoms in total. The summed E-state index contributed by atoms with van der Waals surface area (Å²) in [5.74, 6) is 0.910. The number of halogens is 1. The maximum Gasteiger partial charge on any atom is 0.147 e. The van der Waals surface area contributed by atoms with Gasteiger partial charge in [0.15, 0.2) is 0 Å². The molecule has 3 rings (SSSR count). The summed E-state index contributed by atoms with van der Waals surface area (Å²) in [6, 6.07) is 20.9. The first-order valence-corrected chi connectivity index (χ1v) is 6.94. The van der Waals surface area contributed by atoms with Crippen LogP contribution in [-0.4, -0.2) is 9.55 Å². The predicted molar refractivity (Wildman–Crippen MR) is 82.1 cm³/mol. The standard InChI is InChI=1S/C17H15ClN2/c1-13-19-16(18)12-20(13)17(14-8-4-2-5-9-14)15-10-6-3-7-11-15/h2-12,17H,1H3. The molecule has 0 aliphatic heterocycles. The molecule has 0 N–H and O–H groups in total. The van der Waals surface area contributed by atoms with Crippen LogP contribution in [0.5, 0.6) is 0 Å². The first-order chi connectivity index (χ1) is 9.75. The van der Waals surface area contributed by atoms with Gasteiger partial charge < -0.3 is 4.57 Å². The number of imidazole rings is 1. The van der Waals surface area contributed by atoms with Gasteiger partial charge in [-0.2, -0.15) is 0 Å². The fraction of sp³-hybridized carbons (Fsp3) is 0.118. The minimum Gasteiger partial charge on any atom is -0.322 e. The van der Waals surface area contributed by atoms with Crippen molar-refractivity contribution in [2.24, 2.45) is 0 Å². The van der Waals surface area contributed by atoms with Gasteiger partial charge in [0.05, 0.1) is 6.04 Å². The van der Waals surface area contributed by atoms with Crippen LogP contribution in [0, 0.1) is 6.92 Å². The molecule has 3 heteroatoms. The molecule has 0 spiro atoms. The van der Waals surface area contributed by atoms with Crippen molar-refractivity contribution >= 4 is 11.6 Å². The number of aryl methyl sites for hydroxylation is 1. The van der Waals surface area contributed by atoms with Crippen LogP contribution < -0.4 is 0 Å². The Morgan fingerprint density at radius 3 is 1.80 bits per heavy atom. The van der Waals surface area contributed by atoms with E-state index in [4.69, 9.17) is 11.6 Å². The van der Waals surface area contributed by atoms with Crippen LogP contribution in [0.3, 0.4) is 0 Å². The van der Waals surface area contributed by atoms with E-state index in [1.165, 1.54) is 11.1 Å². The third-order valence-corrected chi connectivity index (χ3v) is 3.58. The van der Waals surface area contributed by atoms with Gasteiger partial charge in [0.25, 0.3) is 0 Å². The average Bonchev–Trinajstić information content (AvgIpc) is 2.80. The second-order valence-corrected chi connectivity index (χ2v) is 5.13. The molecular formula is C17H15ClN2. The third kappa shape index (κ3) is 2.47. The van der Waals surface area contributed by atoms with Gasteiger partial charge in [-0.3, -0.25) is 0 Å². The highest BCUT2D eigenvalue weighted by Crippen LogP contribution is 2.28. The smallest absolute Gasteiger partial charge is 0.147 e. The van der Waals surface area contributed by atoms with Crippen molar-refractivity contribution in [3.63, 3.8) is 0 Å². The minimum atomic E-state index is 0.0948. The summed E-state index contributed by atoms with van der Waals surface area (Å²) >= 11 is 6.05. The molecule has 100 valence electrons. The average molecular weight is 283 g/mol. The fourth-order valence-electron chi connectivity index (χ4n) is 2.50. The van der Waals surface area contributed by atoms with E-state index >= 15 is 0 Å². The van der Waals surface area contributed by atoms with E-state index in [0.29, 0.717) is 5.15 Å². The Kier molecular flexibility index (Phi) is 3.57. The van der Waals surface area contributed by atoms with Gasteiger partial charge in [0.2, 0.25) is 0 Å². The van der Waals surface area contributed by atoms with Gasteiger partial charge in [0.1, 0.15) is 11.0 Å². The Labute approximate surface area is 123 Å². The first-order valence-electron chi connectivity index (χ1n) is 6.56. The van der Waals surface area contributed by atoms with E-state index < -0.39 is 0 Å². The molecule has 0 atom stereocenters. The largest absolute Gasteiger partial charge is 0.322 e. The molecule has 20 heavy (non-hydrogen) atoms. The topological polar surface area (TPSA) is 17.8 Å². The molecule has 3 aromatic rings. The number of hydrogen-bond donors (Lipinski definition) is 0. The van der Waals surface area contributed by atoms with Crippen molar-refractivity contribution < 1.29 is 0 Å². The Balaban J connectivity index is 2.16. The maximum atomic E-state index is 6.05. The molecule has 0 aliphatic carbocycles. The summed E-state index contributed by atoms with van der Waals surface area (Å²) in [5.41, 5.74) is 2.44. The summed E-state index contributed by atoms with van der Waals surface area (Å²) < 4.78 is 2.12. The lowest BCUT2D eigenvalue weighted by molar-refractivity contribution is 0.654. The summed E-state index contributed by atoms with van der Waals surface area (Å²) in [4.78, 5) is 4.31. The summed E-state index contributed by atoms with van der Waals surface area (Å²) in [7, 11) is 0. The van der Waals surface area contributed by atoms with E-state index in [1.54, 1.807) is 0 Å². The lowest BCUT2D eigenvalue weighted by Gasteiger charge is -2.21. The SMILES string of the molecule is Cc1nc(Cl)cn1C(c1ccccc1)c1ccccc1. The second-order valence-electron chi connectivity index (χ2n) is 4.74. The number of benzene rings is 2. The van der Waals surface area contributed by atoms with Crippen LogP contribution in [0.15, 0.2) is 66.9 Å². The lowest BCUT2D eigenvalue weighted by Crippen LogP contribution is -2.12. The highest BCUT2D eigenvalue weighted by atomic mass is 35.5. The van der Waals surface area contributed by atoms with Crippen LogP contribution in [0.4, 0.5) is 0 Å². The molecular weight excluding hydrogens is 268 g/mol. The molecule has 1 aromatic heterocycles. The zero-order valence-electron chi connectivity index (χ0n) is 11.2. The predicted octanol–water partition coefficient (Wildman–Crippen LogP) is 4.48. The molecule has 0 saturated heterocycles. The molecule has 1 heterocycles. The van der Waals surface area contributed by atoms with E-state index in [-0.39, 0.29) is 6.04 Å². The quantitative estimate of drug-likeness (QED) is 0.692. The van der Waals surface area contributed by atoms with Gasteiger partial charge in [0, 0.05) is 6.20 Å². The number of hydrogen-bond acceptors (Lipinski definition) is 1. The first kappa shape index (κ1) is 12.9. The molecule has 2 aromatic carbocycles. The Morgan fingerprint density at radius 1 is 0.900 bits per heavy atom. The summed E-state index contributed by atoms with van der Waals surface area (Å²) in [6.07, 6.45) is 1.89. The normalized spacial score (nSPS) is 10.9. The van der Waals surface area contributed by atoms with Crippen LogP contribution in [0.1, 0.15) is 23.0 Å². The van der Waals surface area contributed by atoms with Crippen molar-refractivity contribution in [3.8, 4) is 0 Å². The fourth-order valence-corrected chi connectivity index (χ4v) is 2.72. The Morgan fingerprint density at radius 2 is 1.40 bits per heavy atom. The van der Waals surface area contributed by atoms with Gasteiger partial charge >= 0.3 is 0 Å². The molecule has 0 fully saturated rings. The summed E-state index contributed by atoms with van der Waals surface area (Å²) in [5, 5.41) is 0.527. The molecule has 0 unspecified atom stereocenters. The van der Waals surface area contributed by atoms with Crippen molar-refractivity contribution in [1.29, 1.82) is 0 Å². The third-order valence-electron chi connectivity index (χ3n) is 3.40. The second kappa shape index (κ2) is 5.51. The van der Waals surface area contributed by atoms with Gasteiger partial charge in [-0.1, -0.05) is 72.3 Å². The zero-order chi connectivity index (χ0) is 13.9. The monoisotopic (exact) mass is 282 g/mol. The Bertz CT molecular complexity index is 650. The minimum absolute atomic E-state index is 0.0948. The molecule has 0 bridgehead atoms. The van der Waals surface area contributed by atoms with Crippen LogP contribution in [-0.2, 0) is 0 Å².